The van der Waals surface area contributed by atoms with Crippen LogP contribution in [-0.4, -0.2) is 52.5 Å². The molecular formula is C22H27N5O. The van der Waals surface area contributed by atoms with E-state index in [1.165, 1.54) is 5.56 Å². The number of fused-ring (bicyclic) bond motifs is 2. The van der Waals surface area contributed by atoms with Gasteiger partial charge in [-0.25, -0.2) is 9.97 Å². The lowest BCUT2D eigenvalue weighted by molar-refractivity contribution is -0.118. The SMILES string of the molecule is CN(C)CCn1c(CCCC(=O)N2CCc3ccccc32)nc2cccnc21. The fourth-order valence-corrected chi connectivity index (χ4v) is 3.86. The summed E-state index contributed by atoms with van der Waals surface area (Å²) in [5.41, 5.74) is 4.21. The predicted octanol–water partition coefficient (Wildman–Crippen LogP) is 2.90. The second kappa shape index (κ2) is 8.10. The maximum atomic E-state index is 12.8. The van der Waals surface area contributed by atoms with Crippen molar-refractivity contribution in [2.75, 3.05) is 32.1 Å². The topological polar surface area (TPSA) is 54.3 Å². The van der Waals surface area contributed by atoms with E-state index >= 15 is 0 Å². The van der Waals surface area contributed by atoms with Crippen LogP contribution in [0.3, 0.4) is 0 Å². The molecule has 0 saturated carbocycles. The zero-order chi connectivity index (χ0) is 19.5. The van der Waals surface area contributed by atoms with E-state index in [-0.39, 0.29) is 5.91 Å². The third kappa shape index (κ3) is 3.78. The molecule has 1 aliphatic heterocycles. The molecule has 0 fully saturated rings. The van der Waals surface area contributed by atoms with Gasteiger partial charge in [-0.05, 0) is 50.7 Å². The summed E-state index contributed by atoms with van der Waals surface area (Å²) in [5.74, 6) is 1.23. The number of likely N-dealkylation sites (N-methyl/N-ethyl adjacent to an activating group) is 1. The first-order valence-electron chi connectivity index (χ1n) is 9.96. The first-order valence-corrected chi connectivity index (χ1v) is 9.96. The Morgan fingerprint density at radius 2 is 2.04 bits per heavy atom. The van der Waals surface area contributed by atoms with Crippen LogP contribution in [0.15, 0.2) is 42.6 Å². The minimum Gasteiger partial charge on any atom is -0.312 e. The molecule has 1 amide bonds. The summed E-state index contributed by atoms with van der Waals surface area (Å²) >= 11 is 0. The second-order valence-electron chi connectivity index (χ2n) is 7.61. The molecular weight excluding hydrogens is 350 g/mol. The molecule has 0 saturated heterocycles. The van der Waals surface area contributed by atoms with Gasteiger partial charge >= 0.3 is 0 Å². The maximum Gasteiger partial charge on any atom is 0.227 e. The Kier molecular flexibility index (Phi) is 5.39. The largest absolute Gasteiger partial charge is 0.312 e. The number of aryl methyl sites for hydroxylation is 1. The third-order valence-corrected chi connectivity index (χ3v) is 5.33. The van der Waals surface area contributed by atoms with E-state index in [9.17, 15) is 4.79 Å². The first kappa shape index (κ1) is 18.6. The number of aromatic nitrogens is 3. The highest BCUT2D eigenvalue weighted by Gasteiger charge is 2.23. The van der Waals surface area contributed by atoms with Gasteiger partial charge in [0.05, 0.1) is 0 Å². The Balaban J connectivity index is 1.43. The monoisotopic (exact) mass is 377 g/mol. The average molecular weight is 377 g/mol. The van der Waals surface area contributed by atoms with Gasteiger partial charge in [0.15, 0.2) is 5.65 Å². The van der Waals surface area contributed by atoms with Crippen LogP contribution in [0.1, 0.15) is 24.2 Å². The number of carbonyl (C=O) groups is 1. The standard InChI is InChI=1S/C22H27N5O/c1-25(2)15-16-27-20(24-18-8-6-13-23-22(18)27)10-5-11-21(28)26-14-12-17-7-3-4-9-19(17)26/h3-4,6-9,13H,5,10-12,14-16H2,1-2H3. The van der Waals surface area contributed by atoms with Crippen molar-refractivity contribution < 1.29 is 4.79 Å². The lowest BCUT2D eigenvalue weighted by Crippen LogP contribution is -2.28. The molecule has 3 heterocycles. The molecule has 0 spiro atoms. The van der Waals surface area contributed by atoms with Gasteiger partial charge in [-0.1, -0.05) is 18.2 Å². The van der Waals surface area contributed by atoms with E-state index in [0.29, 0.717) is 6.42 Å². The highest BCUT2D eigenvalue weighted by Crippen LogP contribution is 2.28. The number of imidazole rings is 1. The van der Waals surface area contributed by atoms with Crippen LogP contribution in [0.2, 0.25) is 0 Å². The molecule has 0 N–H and O–H groups in total. The zero-order valence-electron chi connectivity index (χ0n) is 16.6. The van der Waals surface area contributed by atoms with Crippen LogP contribution < -0.4 is 4.90 Å². The van der Waals surface area contributed by atoms with Crippen LogP contribution in [0.25, 0.3) is 11.2 Å². The third-order valence-electron chi connectivity index (χ3n) is 5.33. The molecule has 0 radical (unpaired) electrons. The van der Waals surface area contributed by atoms with Crippen LogP contribution in [0.5, 0.6) is 0 Å². The maximum absolute atomic E-state index is 12.8. The molecule has 3 aromatic rings. The van der Waals surface area contributed by atoms with Crippen molar-refractivity contribution in [3.63, 3.8) is 0 Å². The summed E-state index contributed by atoms with van der Waals surface area (Å²) in [4.78, 5) is 26.1. The Hall–Kier alpha value is -2.73. The molecule has 146 valence electrons. The van der Waals surface area contributed by atoms with Gasteiger partial charge in [0.2, 0.25) is 5.91 Å². The number of benzene rings is 1. The van der Waals surface area contributed by atoms with E-state index in [0.717, 1.165) is 61.6 Å². The fourth-order valence-electron chi connectivity index (χ4n) is 3.86. The molecule has 0 unspecified atom stereocenters. The molecule has 0 bridgehead atoms. The number of amides is 1. The summed E-state index contributed by atoms with van der Waals surface area (Å²) in [6, 6.07) is 12.1. The van der Waals surface area contributed by atoms with Gasteiger partial charge in [0.25, 0.3) is 0 Å². The lowest BCUT2D eigenvalue weighted by atomic mass is 10.1. The number of carbonyl (C=O) groups excluding carboxylic acids is 1. The molecule has 4 rings (SSSR count). The normalized spacial score (nSPS) is 13.5. The van der Waals surface area contributed by atoms with Gasteiger partial charge in [-0.2, -0.15) is 0 Å². The van der Waals surface area contributed by atoms with Crippen molar-refractivity contribution in [2.24, 2.45) is 0 Å². The minimum atomic E-state index is 0.207. The van der Waals surface area contributed by atoms with Crippen molar-refractivity contribution in [3.8, 4) is 0 Å². The highest BCUT2D eigenvalue weighted by atomic mass is 16.2. The quantitative estimate of drug-likeness (QED) is 0.635. The van der Waals surface area contributed by atoms with E-state index < -0.39 is 0 Å². The molecule has 6 nitrogen and oxygen atoms in total. The van der Waals surface area contributed by atoms with Crippen LogP contribution >= 0.6 is 0 Å². The van der Waals surface area contributed by atoms with E-state index in [2.05, 4.69) is 34.6 Å². The number of hydrogen-bond acceptors (Lipinski definition) is 4. The number of hydrogen-bond donors (Lipinski definition) is 0. The Labute approximate surface area is 165 Å². The van der Waals surface area contributed by atoms with Gasteiger partial charge < -0.3 is 14.4 Å². The molecule has 6 heteroatoms. The van der Waals surface area contributed by atoms with E-state index in [1.807, 2.05) is 41.4 Å². The summed E-state index contributed by atoms with van der Waals surface area (Å²) in [6.07, 6.45) is 4.88. The highest BCUT2D eigenvalue weighted by molar-refractivity contribution is 5.95. The number of nitrogens with zero attached hydrogens (tertiary/aromatic N) is 5. The minimum absolute atomic E-state index is 0.207. The van der Waals surface area contributed by atoms with Crippen molar-refractivity contribution in [2.45, 2.75) is 32.2 Å². The molecule has 28 heavy (non-hydrogen) atoms. The van der Waals surface area contributed by atoms with Gasteiger partial charge in [-0.15, -0.1) is 0 Å². The predicted molar refractivity (Wildman–Crippen MR) is 112 cm³/mol. The molecule has 0 atom stereocenters. The van der Waals surface area contributed by atoms with Crippen molar-refractivity contribution >= 4 is 22.8 Å². The van der Waals surface area contributed by atoms with Crippen molar-refractivity contribution in [1.29, 1.82) is 0 Å². The first-order chi connectivity index (χ1) is 13.6. The average Bonchev–Trinajstić information content (AvgIpc) is 3.27. The van der Waals surface area contributed by atoms with Crippen molar-refractivity contribution in [1.82, 2.24) is 19.4 Å². The van der Waals surface area contributed by atoms with Crippen LogP contribution in [0.4, 0.5) is 5.69 Å². The molecule has 1 aromatic carbocycles. The van der Waals surface area contributed by atoms with Crippen LogP contribution in [-0.2, 0) is 24.2 Å². The molecule has 2 aromatic heterocycles. The summed E-state index contributed by atoms with van der Waals surface area (Å²) in [7, 11) is 4.14. The van der Waals surface area contributed by atoms with Crippen LogP contribution in [0, 0.1) is 0 Å². The number of para-hydroxylation sites is 1. The number of pyridine rings is 1. The lowest BCUT2D eigenvalue weighted by Gasteiger charge is -2.17. The fraction of sp³-hybridized carbons (Fsp3) is 0.409. The molecule has 0 aliphatic carbocycles. The Bertz CT molecular complexity index is 978. The summed E-state index contributed by atoms with van der Waals surface area (Å²) in [5, 5.41) is 0. The van der Waals surface area contributed by atoms with Crippen molar-refractivity contribution in [3.05, 3.63) is 54.0 Å². The number of anilines is 1. The van der Waals surface area contributed by atoms with Gasteiger partial charge in [-0.3, -0.25) is 4.79 Å². The Morgan fingerprint density at radius 1 is 1.18 bits per heavy atom. The second-order valence-corrected chi connectivity index (χ2v) is 7.61. The van der Waals surface area contributed by atoms with E-state index in [1.54, 1.807) is 0 Å². The smallest absolute Gasteiger partial charge is 0.227 e. The zero-order valence-corrected chi connectivity index (χ0v) is 16.6. The Morgan fingerprint density at radius 3 is 2.89 bits per heavy atom. The summed E-state index contributed by atoms with van der Waals surface area (Å²) in [6.45, 7) is 2.57. The number of rotatable bonds is 7. The van der Waals surface area contributed by atoms with Gasteiger partial charge in [0, 0.05) is 44.4 Å². The van der Waals surface area contributed by atoms with Gasteiger partial charge in [0.1, 0.15) is 11.3 Å². The molecule has 1 aliphatic rings. The van der Waals surface area contributed by atoms with E-state index in [4.69, 9.17) is 4.98 Å². The summed E-state index contributed by atoms with van der Waals surface area (Å²) < 4.78 is 2.20.